The predicted molar refractivity (Wildman–Crippen MR) is 90.1 cm³/mol. The van der Waals surface area contributed by atoms with E-state index in [1.54, 1.807) is 14.1 Å². The van der Waals surface area contributed by atoms with Crippen molar-refractivity contribution in [3.8, 4) is 0 Å². The fraction of sp³-hybridized carbons (Fsp3) is 0.611. The fourth-order valence-corrected chi connectivity index (χ4v) is 2.99. The summed E-state index contributed by atoms with van der Waals surface area (Å²) in [7, 11) is 3.34. The second-order valence-electron chi connectivity index (χ2n) is 7.25. The Balaban J connectivity index is 1.94. The van der Waals surface area contributed by atoms with Gasteiger partial charge in [0.25, 0.3) is 0 Å². The minimum atomic E-state index is -0.579. The summed E-state index contributed by atoms with van der Waals surface area (Å²) in [6.07, 6.45) is -0.211. The molecule has 140 valence electrons. The van der Waals surface area contributed by atoms with E-state index in [2.05, 4.69) is 4.90 Å². The molecule has 1 aliphatic rings. The lowest BCUT2D eigenvalue weighted by Gasteiger charge is -2.42. The summed E-state index contributed by atoms with van der Waals surface area (Å²) >= 11 is 0. The van der Waals surface area contributed by atoms with E-state index in [9.17, 15) is 13.6 Å². The molecule has 1 aromatic rings. The first-order valence-corrected chi connectivity index (χ1v) is 8.28. The largest absolute Gasteiger partial charge is 0.369 e. The molecule has 1 atom stereocenters. The SMILES string of the molecule is CN(C)C(=O)COC[C@@H]1CN(Cc2cc(F)cc(F)c2)CC(C)(C)O1. The highest BCUT2D eigenvalue weighted by atomic mass is 19.1. The van der Waals surface area contributed by atoms with Gasteiger partial charge < -0.3 is 14.4 Å². The molecule has 0 spiro atoms. The minimum absolute atomic E-state index is 0.00238. The van der Waals surface area contributed by atoms with Crippen LogP contribution in [0.5, 0.6) is 0 Å². The molecule has 1 fully saturated rings. The maximum absolute atomic E-state index is 13.4. The number of amides is 1. The molecule has 1 aliphatic heterocycles. The molecule has 1 heterocycles. The Morgan fingerprint density at radius 3 is 2.56 bits per heavy atom. The Labute approximate surface area is 147 Å². The van der Waals surface area contributed by atoms with Gasteiger partial charge in [-0.2, -0.15) is 0 Å². The quantitative estimate of drug-likeness (QED) is 0.782. The Bertz CT molecular complexity index is 588. The van der Waals surface area contributed by atoms with Gasteiger partial charge in [-0.15, -0.1) is 0 Å². The minimum Gasteiger partial charge on any atom is -0.369 e. The molecular weight excluding hydrogens is 330 g/mol. The van der Waals surface area contributed by atoms with Gasteiger partial charge in [0, 0.05) is 39.8 Å². The van der Waals surface area contributed by atoms with Crippen molar-refractivity contribution in [2.24, 2.45) is 0 Å². The number of ether oxygens (including phenoxy) is 2. The Kier molecular flexibility index (Phi) is 6.48. The third-order valence-corrected chi connectivity index (χ3v) is 3.91. The highest BCUT2D eigenvalue weighted by Gasteiger charge is 2.33. The second kappa shape index (κ2) is 8.21. The smallest absolute Gasteiger partial charge is 0.248 e. The summed E-state index contributed by atoms with van der Waals surface area (Å²) in [5.41, 5.74) is 0.168. The van der Waals surface area contributed by atoms with Crippen LogP contribution in [0.3, 0.4) is 0 Å². The summed E-state index contributed by atoms with van der Waals surface area (Å²) in [4.78, 5) is 15.1. The van der Waals surface area contributed by atoms with Crippen molar-refractivity contribution in [2.75, 3.05) is 40.4 Å². The number of benzene rings is 1. The van der Waals surface area contributed by atoms with E-state index in [0.717, 1.165) is 6.07 Å². The summed E-state index contributed by atoms with van der Waals surface area (Å²) in [6.45, 7) is 5.84. The molecule has 1 aromatic carbocycles. The second-order valence-corrected chi connectivity index (χ2v) is 7.25. The lowest BCUT2D eigenvalue weighted by atomic mass is 10.0. The maximum atomic E-state index is 13.4. The van der Waals surface area contributed by atoms with Crippen molar-refractivity contribution < 1.29 is 23.0 Å². The van der Waals surface area contributed by atoms with Crippen LogP contribution >= 0.6 is 0 Å². The average molecular weight is 356 g/mol. The first kappa shape index (κ1) is 19.8. The van der Waals surface area contributed by atoms with Gasteiger partial charge in [-0.25, -0.2) is 8.78 Å². The first-order valence-electron chi connectivity index (χ1n) is 8.28. The Hall–Kier alpha value is -1.57. The van der Waals surface area contributed by atoms with Crippen LogP contribution in [0.1, 0.15) is 19.4 Å². The third kappa shape index (κ3) is 6.34. The lowest BCUT2D eigenvalue weighted by molar-refractivity contribution is -0.161. The van der Waals surface area contributed by atoms with Crippen LogP contribution in [-0.2, 0) is 20.8 Å². The number of hydrogen-bond acceptors (Lipinski definition) is 4. The molecule has 0 aliphatic carbocycles. The number of carbonyl (C=O) groups excluding carboxylic acids is 1. The van der Waals surface area contributed by atoms with Gasteiger partial charge in [0.05, 0.1) is 18.3 Å². The van der Waals surface area contributed by atoms with Crippen LogP contribution in [0.15, 0.2) is 18.2 Å². The van der Waals surface area contributed by atoms with Gasteiger partial charge in [0.1, 0.15) is 18.2 Å². The van der Waals surface area contributed by atoms with Crippen LogP contribution in [0.2, 0.25) is 0 Å². The molecule has 25 heavy (non-hydrogen) atoms. The van der Waals surface area contributed by atoms with Crippen molar-refractivity contribution >= 4 is 5.91 Å². The molecule has 0 unspecified atom stereocenters. The number of carbonyl (C=O) groups is 1. The third-order valence-electron chi connectivity index (χ3n) is 3.91. The number of hydrogen-bond donors (Lipinski definition) is 0. The fourth-order valence-electron chi connectivity index (χ4n) is 2.99. The van der Waals surface area contributed by atoms with E-state index >= 15 is 0 Å². The Morgan fingerprint density at radius 1 is 1.32 bits per heavy atom. The van der Waals surface area contributed by atoms with Gasteiger partial charge in [-0.1, -0.05) is 0 Å². The molecule has 1 saturated heterocycles. The van der Waals surface area contributed by atoms with Crippen molar-refractivity contribution in [3.05, 3.63) is 35.4 Å². The molecule has 0 N–H and O–H groups in total. The summed E-state index contributed by atoms with van der Waals surface area (Å²) in [6, 6.07) is 3.55. The van der Waals surface area contributed by atoms with E-state index in [0.29, 0.717) is 25.2 Å². The topological polar surface area (TPSA) is 42.0 Å². The van der Waals surface area contributed by atoms with Gasteiger partial charge in [0.2, 0.25) is 5.91 Å². The van der Waals surface area contributed by atoms with Crippen LogP contribution in [0.25, 0.3) is 0 Å². The molecule has 7 heteroatoms. The summed E-state index contributed by atoms with van der Waals surface area (Å²) in [5, 5.41) is 0. The summed E-state index contributed by atoms with van der Waals surface area (Å²) in [5.74, 6) is -1.27. The molecule has 0 saturated carbocycles. The zero-order valence-electron chi connectivity index (χ0n) is 15.2. The lowest BCUT2D eigenvalue weighted by Crippen LogP contribution is -2.53. The molecule has 0 bridgehead atoms. The number of likely N-dealkylation sites (N-methyl/N-ethyl adjacent to an activating group) is 1. The van der Waals surface area contributed by atoms with Gasteiger partial charge in [0.15, 0.2) is 0 Å². The van der Waals surface area contributed by atoms with E-state index in [1.165, 1.54) is 17.0 Å². The van der Waals surface area contributed by atoms with Gasteiger partial charge in [-0.05, 0) is 31.5 Å². The average Bonchev–Trinajstić information content (AvgIpc) is 2.44. The number of halogens is 2. The zero-order chi connectivity index (χ0) is 18.6. The number of nitrogens with zero attached hydrogens (tertiary/aromatic N) is 2. The Morgan fingerprint density at radius 2 is 1.96 bits per heavy atom. The van der Waals surface area contributed by atoms with E-state index in [4.69, 9.17) is 9.47 Å². The van der Waals surface area contributed by atoms with E-state index in [-0.39, 0.29) is 25.2 Å². The number of morpholine rings is 1. The van der Waals surface area contributed by atoms with Crippen LogP contribution in [0, 0.1) is 11.6 Å². The van der Waals surface area contributed by atoms with E-state index < -0.39 is 17.2 Å². The molecule has 0 aromatic heterocycles. The van der Waals surface area contributed by atoms with Gasteiger partial charge >= 0.3 is 0 Å². The predicted octanol–water partition coefficient (Wildman–Crippen LogP) is 2.05. The van der Waals surface area contributed by atoms with Crippen molar-refractivity contribution in [2.45, 2.75) is 32.1 Å². The standard InChI is InChI=1S/C18H26F2N2O3/c1-18(2)12-22(8-13-5-14(19)7-15(20)6-13)9-16(25-18)10-24-11-17(23)21(3)4/h5-7,16H,8-12H2,1-4H3/t16-/m0/s1. The number of rotatable bonds is 6. The molecular formula is C18H26F2N2O3. The molecule has 0 radical (unpaired) electrons. The van der Waals surface area contributed by atoms with Crippen LogP contribution < -0.4 is 0 Å². The van der Waals surface area contributed by atoms with Gasteiger partial charge in [-0.3, -0.25) is 9.69 Å². The van der Waals surface area contributed by atoms with E-state index in [1.807, 2.05) is 13.8 Å². The van der Waals surface area contributed by atoms with Crippen molar-refractivity contribution in [3.63, 3.8) is 0 Å². The first-order chi connectivity index (χ1) is 11.6. The zero-order valence-corrected chi connectivity index (χ0v) is 15.2. The highest BCUT2D eigenvalue weighted by Crippen LogP contribution is 2.23. The molecule has 2 rings (SSSR count). The van der Waals surface area contributed by atoms with Crippen LogP contribution in [0.4, 0.5) is 8.78 Å². The summed E-state index contributed by atoms with van der Waals surface area (Å²) < 4.78 is 38.2. The van der Waals surface area contributed by atoms with Crippen molar-refractivity contribution in [1.29, 1.82) is 0 Å². The highest BCUT2D eigenvalue weighted by molar-refractivity contribution is 5.76. The monoisotopic (exact) mass is 356 g/mol. The maximum Gasteiger partial charge on any atom is 0.248 e. The molecule has 1 amide bonds. The van der Waals surface area contributed by atoms with Crippen molar-refractivity contribution in [1.82, 2.24) is 9.80 Å². The normalized spacial score (nSPS) is 20.5. The van der Waals surface area contributed by atoms with Crippen LogP contribution in [-0.4, -0.2) is 67.8 Å². The molecule has 5 nitrogen and oxygen atoms in total.